The zero-order chi connectivity index (χ0) is 14.3. The molecule has 2 atom stereocenters. The molecule has 1 fully saturated rings. The van der Waals surface area contributed by atoms with Gasteiger partial charge in [0.1, 0.15) is 4.90 Å². The number of hydrogen-bond acceptors (Lipinski definition) is 3. The highest BCUT2D eigenvalue weighted by Crippen LogP contribution is 2.41. The van der Waals surface area contributed by atoms with Gasteiger partial charge in [0, 0.05) is 12.0 Å². The maximum atomic E-state index is 12.4. The lowest BCUT2D eigenvalue weighted by Crippen LogP contribution is -2.27. The van der Waals surface area contributed by atoms with Crippen molar-refractivity contribution in [1.29, 1.82) is 0 Å². The Kier molecular flexibility index (Phi) is 3.14. The second-order valence-electron chi connectivity index (χ2n) is 5.24. The average Bonchev–Trinajstić information content (AvgIpc) is 3.06. The molecule has 2 unspecified atom stereocenters. The highest BCUT2D eigenvalue weighted by Gasteiger charge is 2.42. The fourth-order valence-electron chi connectivity index (χ4n) is 2.59. The van der Waals surface area contributed by atoms with Gasteiger partial charge in [0.25, 0.3) is 0 Å². The molecule has 5 nitrogen and oxygen atoms in total. The summed E-state index contributed by atoms with van der Waals surface area (Å²) in [5.74, 6) is 0.276. The van der Waals surface area contributed by atoms with Crippen molar-refractivity contribution in [1.82, 2.24) is 14.9 Å². The number of aryl methyl sites for hydroxylation is 2. The first-order chi connectivity index (χ1) is 9.49. The van der Waals surface area contributed by atoms with Gasteiger partial charge in [-0.05, 0) is 25.8 Å². The SMILES string of the molecule is Cc1n[nH]c(C)c1S(=O)(=O)NC1CC1c1ccccc1. The van der Waals surface area contributed by atoms with Crippen molar-refractivity contribution in [2.75, 3.05) is 0 Å². The van der Waals surface area contributed by atoms with Crippen LogP contribution in [-0.2, 0) is 10.0 Å². The maximum absolute atomic E-state index is 12.4. The molecular formula is C14H17N3O2S. The fourth-order valence-corrected chi connectivity index (χ4v) is 4.25. The number of nitrogens with one attached hydrogen (secondary N) is 2. The van der Waals surface area contributed by atoms with Crippen LogP contribution in [0.25, 0.3) is 0 Å². The lowest BCUT2D eigenvalue weighted by molar-refractivity contribution is 0.579. The molecule has 0 bridgehead atoms. The molecule has 1 heterocycles. The molecule has 1 saturated carbocycles. The molecule has 1 aliphatic rings. The van der Waals surface area contributed by atoms with Crippen LogP contribution in [0.5, 0.6) is 0 Å². The summed E-state index contributed by atoms with van der Waals surface area (Å²) in [4.78, 5) is 0.274. The van der Waals surface area contributed by atoms with Gasteiger partial charge in [0.15, 0.2) is 0 Å². The van der Waals surface area contributed by atoms with Gasteiger partial charge in [-0.1, -0.05) is 30.3 Å². The van der Waals surface area contributed by atoms with Crippen LogP contribution in [0, 0.1) is 13.8 Å². The first-order valence-electron chi connectivity index (χ1n) is 6.58. The lowest BCUT2D eigenvalue weighted by Gasteiger charge is -2.06. The Balaban J connectivity index is 1.77. The summed E-state index contributed by atoms with van der Waals surface area (Å²) < 4.78 is 27.6. The van der Waals surface area contributed by atoms with Gasteiger partial charge in [-0.3, -0.25) is 5.10 Å². The Morgan fingerprint density at radius 3 is 2.55 bits per heavy atom. The smallest absolute Gasteiger partial charge is 0.244 e. The molecule has 0 spiro atoms. The summed E-state index contributed by atoms with van der Waals surface area (Å²) in [6.45, 7) is 3.41. The molecule has 1 aliphatic carbocycles. The second kappa shape index (κ2) is 4.71. The van der Waals surface area contributed by atoms with Gasteiger partial charge in [0.05, 0.1) is 11.4 Å². The van der Waals surface area contributed by atoms with Gasteiger partial charge in [-0.2, -0.15) is 5.10 Å². The molecular weight excluding hydrogens is 274 g/mol. The predicted octanol–water partition coefficient (Wildman–Crippen LogP) is 1.86. The van der Waals surface area contributed by atoms with Crippen molar-refractivity contribution in [2.45, 2.75) is 37.1 Å². The number of aromatic nitrogens is 2. The van der Waals surface area contributed by atoms with Crippen molar-refractivity contribution in [2.24, 2.45) is 0 Å². The molecule has 2 aromatic rings. The molecule has 2 N–H and O–H groups in total. The molecule has 6 heteroatoms. The number of rotatable bonds is 4. The van der Waals surface area contributed by atoms with E-state index in [2.05, 4.69) is 14.9 Å². The Morgan fingerprint density at radius 1 is 1.25 bits per heavy atom. The van der Waals surface area contributed by atoms with Crippen molar-refractivity contribution in [3.05, 3.63) is 47.3 Å². The summed E-state index contributed by atoms with van der Waals surface area (Å²) in [6.07, 6.45) is 0.846. The number of hydrogen-bond donors (Lipinski definition) is 2. The van der Waals surface area contributed by atoms with Crippen LogP contribution in [0.3, 0.4) is 0 Å². The molecule has 1 aromatic carbocycles. The highest BCUT2D eigenvalue weighted by atomic mass is 32.2. The number of sulfonamides is 1. The number of H-pyrrole nitrogens is 1. The Hall–Kier alpha value is -1.66. The summed E-state index contributed by atoms with van der Waals surface area (Å²) in [5.41, 5.74) is 2.26. The fraction of sp³-hybridized carbons (Fsp3) is 0.357. The molecule has 1 aromatic heterocycles. The van der Waals surface area contributed by atoms with E-state index in [1.54, 1.807) is 13.8 Å². The van der Waals surface area contributed by atoms with Gasteiger partial charge < -0.3 is 0 Å². The van der Waals surface area contributed by atoms with E-state index in [4.69, 9.17) is 0 Å². The first-order valence-corrected chi connectivity index (χ1v) is 8.06. The van der Waals surface area contributed by atoms with Gasteiger partial charge in [-0.15, -0.1) is 0 Å². The van der Waals surface area contributed by atoms with E-state index >= 15 is 0 Å². The number of benzene rings is 1. The minimum Gasteiger partial charge on any atom is -0.281 e. The largest absolute Gasteiger partial charge is 0.281 e. The lowest BCUT2D eigenvalue weighted by atomic mass is 10.1. The minimum atomic E-state index is -3.50. The highest BCUT2D eigenvalue weighted by molar-refractivity contribution is 7.89. The van der Waals surface area contributed by atoms with Gasteiger partial charge in [0.2, 0.25) is 10.0 Å². The van der Waals surface area contributed by atoms with E-state index in [0.717, 1.165) is 6.42 Å². The van der Waals surface area contributed by atoms with E-state index in [-0.39, 0.29) is 16.9 Å². The zero-order valence-corrected chi connectivity index (χ0v) is 12.2. The molecule has 0 radical (unpaired) electrons. The van der Waals surface area contributed by atoms with E-state index in [0.29, 0.717) is 11.4 Å². The summed E-state index contributed by atoms with van der Waals surface area (Å²) in [6, 6.07) is 9.97. The van der Waals surface area contributed by atoms with Crippen LogP contribution in [0.15, 0.2) is 35.2 Å². The summed E-state index contributed by atoms with van der Waals surface area (Å²) in [5, 5.41) is 6.65. The summed E-state index contributed by atoms with van der Waals surface area (Å²) >= 11 is 0. The monoisotopic (exact) mass is 291 g/mol. The first kappa shape index (κ1) is 13.3. The molecule has 106 valence electrons. The average molecular weight is 291 g/mol. The van der Waals surface area contributed by atoms with E-state index in [9.17, 15) is 8.42 Å². The maximum Gasteiger partial charge on any atom is 0.244 e. The molecule has 3 rings (SSSR count). The van der Waals surface area contributed by atoms with Crippen LogP contribution in [-0.4, -0.2) is 24.7 Å². The Bertz CT molecular complexity index is 703. The van der Waals surface area contributed by atoms with E-state index < -0.39 is 10.0 Å². The normalized spacial score (nSPS) is 21.9. The third-order valence-electron chi connectivity index (χ3n) is 3.65. The predicted molar refractivity (Wildman–Crippen MR) is 76.0 cm³/mol. The quantitative estimate of drug-likeness (QED) is 0.903. The Labute approximate surface area is 118 Å². The van der Waals surface area contributed by atoms with Crippen molar-refractivity contribution >= 4 is 10.0 Å². The molecule has 20 heavy (non-hydrogen) atoms. The Morgan fingerprint density at radius 2 is 1.95 bits per heavy atom. The van der Waals surface area contributed by atoms with Crippen LogP contribution in [0.4, 0.5) is 0 Å². The third-order valence-corrected chi connectivity index (χ3v) is 5.41. The van der Waals surface area contributed by atoms with Crippen molar-refractivity contribution in [3.8, 4) is 0 Å². The number of aromatic amines is 1. The third kappa shape index (κ3) is 2.36. The van der Waals surface area contributed by atoms with Crippen LogP contribution in [0.1, 0.15) is 29.3 Å². The van der Waals surface area contributed by atoms with Crippen molar-refractivity contribution < 1.29 is 8.42 Å². The number of nitrogens with zero attached hydrogens (tertiary/aromatic N) is 1. The van der Waals surface area contributed by atoms with Gasteiger partial charge >= 0.3 is 0 Å². The minimum absolute atomic E-state index is 0.0175. The van der Waals surface area contributed by atoms with Crippen LogP contribution >= 0.6 is 0 Å². The van der Waals surface area contributed by atoms with E-state index in [1.165, 1.54) is 5.56 Å². The van der Waals surface area contributed by atoms with E-state index in [1.807, 2.05) is 30.3 Å². The van der Waals surface area contributed by atoms with Crippen molar-refractivity contribution in [3.63, 3.8) is 0 Å². The van der Waals surface area contributed by atoms with Gasteiger partial charge in [-0.25, -0.2) is 13.1 Å². The van der Waals surface area contributed by atoms with Crippen LogP contribution < -0.4 is 4.72 Å². The molecule has 0 saturated heterocycles. The topological polar surface area (TPSA) is 74.8 Å². The molecule has 0 amide bonds. The second-order valence-corrected chi connectivity index (χ2v) is 6.89. The summed E-state index contributed by atoms with van der Waals surface area (Å²) in [7, 11) is -3.50. The molecule has 0 aliphatic heterocycles. The van der Waals surface area contributed by atoms with Crippen LogP contribution in [0.2, 0.25) is 0 Å². The zero-order valence-electron chi connectivity index (χ0n) is 11.4. The standard InChI is InChI=1S/C14H17N3O2S/c1-9-14(10(2)16-15-9)20(18,19)17-13-8-12(13)11-6-4-3-5-7-11/h3-7,12-13,17H,8H2,1-2H3,(H,15,16).